The van der Waals surface area contributed by atoms with Crippen molar-refractivity contribution in [1.29, 1.82) is 0 Å². The Balaban J connectivity index is 1.70. The molecule has 0 aromatic heterocycles. The third-order valence-electron chi connectivity index (χ3n) is 5.92. The lowest BCUT2D eigenvalue weighted by atomic mass is 9.65. The van der Waals surface area contributed by atoms with E-state index in [0.29, 0.717) is 19.4 Å². The Morgan fingerprint density at radius 1 is 1.26 bits per heavy atom. The zero-order chi connectivity index (χ0) is 15.6. The second-order valence-corrected chi connectivity index (χ2v) is 6.92. The highest BCUT2D eigenvalue weighted by molar-refractivity contribution is 5.55. The van der Waals surface area contributed by atoms with E-state index in [2.05, 4.69) is 36.2 Å². The third-order valence-corrected chi connectivity index (χ3v) is 5.92. The lowest BCUT2D eigenvalue weighted by Crippen LogP contribution is -2.51. The van der Waals surface area contributed by atoms with Crippen LogP contribution in [0.15, 0.2) is 24.3 Å². The minimum Gasteiger partial charge on any atom is -0.454 e. The van der Waals surface area contributed by atoms with Crippen LogP contribution < -0.4 is 9.47 Å². The summed E-state index contributed by atoms with van der Waals surface area (Å²) in [6.45, 7) is 1.89. The SMILES string of the molecule is COC1C=CC23c4cc5c(cc4COC2CN(C)C3C1)OCO5. The Labute approximate surface area is 135 Å². The number of hydrogen-bond acceptors (Lipinski definition) is 5. The van der Waals surface area contributed by atoms with Crippen molar-refractivity contribution >= 4 is 0 Å². The van der Waals surface area contributed by atoms with Gasteiger partial charge in [-0.05, 0) is 36.7 Å². The van der Waals surface area contributed by atoms with Crippen molar-refractivity contribution in [2.24, 2.45) is 0 Å². The molecule has 1 saturated heterocycles. The molecule has 5 rings (SSSR count). The van der Waals surface area contributed by atoms with Crippen molar-refractivity contribution in [2.45, 2.75) is 36.7 Å². The first kappa shape index (κ1) is 13.8. The number of benzene rings is 1. The van der Waals surface area contributed by atoms with Gasteiger partial charge in [0.15, 0.2) is 11.5 Å². The smallest absolute Gasteiger partial charge is 0.231 e. The van der Waals surface area contributed by atoms with Crippen LogP contribution in [-0.2, 0) is 21.5 Å². The molecule has 3 aliphatic heterocycles. The molecule has 4 unspecified atom stereocenters. The molecule has 1 fully saturated rings. The fourth-order valence-electron chi connectivity index (χ4n) is 4.78. The number of fused-ring (bicyclic) bond motifs is 2. The number of ether oxygens (including phenoxy) is 4. The Morgan fingerprint density at radius 3 is 2.91 bits per heavy atom. The predicted octanol–water partition coefficient (Wildman–Crippen LogP) is 1.84. The van der Waals surface area contributed by atoms with E-state index in [0.717, 1.165) is 24.5 Å². The van der Waals surface area contributed by atoms with Gasteiger partial charge in [0.1, 0.15) is 0 Å². The van der Waals surface area contributed by atoms with Gasteiger partial charge >= 0.3 is 0 Å². The van der Waals surface area contributed by atoms with Gasteiger partial charge in [0.05, 0.1) is 24.2 Å². The zero-order valence-corrected chi connectivity index (χ0v) is 13.5. The molecule has 5 nitrogen and oxygen atoms in total. The minimum atomic E-state index is -0.113. The summed E-state index contributed by atoms with van der Waals surface area (Å²) < 4.78 is 23.0. The summed E-state index contributed by atoms with van der Waals surface area (Å²) in [6, 6.07) is 4.65. The Hall–Kier alpha value is -1.56. The average molecular weight is 315 g/mol. The molecule has 0 bridgehead atoms. The highest BCUT2D eigenvalue weighted by Gasteiger charge is 2.57. The lowest BCUT2D eigenvalue weighted by Gasteiger charge is -2.45. The highest BCUT2D eigenvalue weighted by Crippen LogP contribution is 2.52. The molecule has 23 heavy (non-hydrogen) atoms. The van der Waals surface area contributed by atoms with E-state index in [4.69, 9.17) is 18.9 Å². The van der Waals surface area contributed by atoms with Gasteiger partial charge in [0.2, 0.25) is 6.79 Å². The number of nitrogens with zero attached hydrogens (tertiary/aromatic N) is 1. The van der Waals surface area contributed by atoms with E-state index in [9.17, 15) is 0 Å². The molecule has 5 heteroatoms. The molecule has 1 spiro atoms. The zero-order valence-electron chi connectivity index (χ0n) is 13.5. The van der Waals surface area contributed by atoms with Crippen molar-refractivity contribution in [2.75, 3.05) is 27.5 Å². The van der Waals surface area contributed by atoms with Crippen molar-refractivity contribution in [3.05, 3.63) is 35.4 Å². The van der Waals surface area contributed by atoms with E-state index in [1.165, 1.54) is 11.1 Å². The van der Waals surface area contributed by atoms with Crippen LogP contribution in [0.5, 0.6) is 11.5 Å². The van der Waals surface area contributed by atoms with Gasteiger partial charge in [-0.25, -0.2) is 0 Å². The van der Waals surface area contributed by atoms with E-state index >= 15 is 0 Å². The molecule has 0 N–H and O–H groups in total. The monoisotopic (exact) mass is 315 g/mol. The summed E-state index contributed by atoms with van der Waals surface area (Å²) in [5.74, 6) is 1.69. The second-order valence-electron chi connectivity index (χ2n) is 6.92. The molecule has 4 atom stereocenters. The van der Waals surface area contributed by atoms with Crippen molar-refractivity contribution in [3.8, 4) is 11.5 Å². The number of rotatable bonds is 1. The number of methoxy groups -OCH3 is 1. The van der Waals surface area contributed by atoms with Gasteiger partial charge < -0.3 is 18.9 Å². The topological polar surface area (TPSA) is 40.2 Å². The maximum absolute atomic E-state index is 6.26. The summed E-state index contributed by atoms with van der Waals surface area (Å²) in [4.78, 5) is 2.42. The first-order valence-corrected chi connectivity index (χ1v) is 8.19. The average Bonchev–Trinajstić information content (AvgIpc) is 3.14. The maximum Gasteiger partial charge on any atom is 0.231 e. The maximum atomic E-state index is 6.26. The molecular formula is C18H21NO4. The van der Waals surface area contributed by atoms with Gasteiger partial charge in [-0.3, -0.25) is 4.90 Å². The number of likely N-dealkylation sites (N-methyl/N-ethyl adjacent to an activating group) is 1. The van der Waals surface area contributed by atoms with Gasteiger partial charge in [0.25, 0.3) is 0 Å². The van der Waals surface area contributed by atoms with Crippen LogP contribution >= 0.6 is 0 Å². The molecule has 0 saturated carbocycles. The summed E-state index contributed by atoms with van der Waals surface area (Å²) in [7, 11) is 3.97. The van der Waals surface area contributed by atoms with Crippen molar-refractivity contribution < 1.29 is 18.9 Å². The molecule has 0 radical (unpaired) electrons. The van der Waals surface area contributed by atoms with Crippen LogP contribution in [0.2, 0.25) is 0 Å². The quantitative estimate of drug-likeness (QED) is 0.740. The summed E-state index contributed by atoms with van der Waals surface area (Å²) in [5.41, 5.74) is 2.43. The molecule has 0 amide bonds. The predicted molar refractivity (Wildman–Crippen MR) is 83.8 cm³/mol. The van der Waals surface area contributed by atoms with Gasteiger partial charge in [-0.15, -0.1) is 0 Å². The first-order valence-electron chi connectivity index (χ1n) is 8.19. The minimum absolute atomic E-state index is 0.113. The standard InChI is InChI=1S/C18H21NO4/c1-19-8-17-18(4-3-12(20-2)6-16(18)19)13-7-15-14(22-10-23-15)5-11(13)9-21-17/h3-5,7,12,16-17H,6,8-10H2,1-2H3. The highest BCUT2D eigenvalue weighted by atomic mass is 16.7. The van der Waals surface area contributed by atoms with Gasteiger partial charge in [-0.1, -0.05) is 12.2 Å². The second kappa shape index (κ2) is 4.72. The summed E-state index contributed by atoms with van der Waals surface area (Å²) in [6.07, 6.45) is 5.86. The molecule has 1 aromatic rings. The third kappa shape index (κ3) is 1.73. The largest absolute Gasteiger partial charge is 0.454 e. The van der Waals surface area contributed by atoms with Crippen LogP contribution in [0.1, 0.15) is 17.5 Å². The Bertz CT molecular complexity index is 688. The molecule has 1 aromatic carbocycles. The first-order chi connectivity index (χ1) is 11.2. The van der Waals surface area contributed by atoms with Crippen LogP contribution in [-0.4, -0.2) is 50.6 Å². The summed E-state index contributed by atoms with van der Waals surface area (Å²) >= 11 is 0. The number of hydrogen-bond donors (Lipinski definition) is 0. The molecule has 4 aliphatic rings. The fourth-order valence-corrected chi connectivity index (χ4v) is 4.78. The lowest BCUT2D eigenvalue weighted by molar-refractivity contribution is -0.00301. The van der Waals surface area contributed by atoms with Crippen molar-refractivity contribution in [1.82, 2.24) is 4.90 Å². The van der Waals surface area contributed by atoms with Gasteiger partial charge in [0, 0.05) is 19.7 Å². The normalized spacial score (nSPS) is 37.4. The molecule has 3 heterocycles. The van der Waals surface area contributed by atoms with Crippen LogP contribution in [0.4, 0.5) is 0 Å². The van der Waals surface area contributed by atoms with E-state index in [1.54, 1.807) is 7.11 Å². The van der Waals surface area contributed by atoms with Crippen molar-refractivity contribution in [3.63, 3.8) is 0 Å². The van der Waals surface area contributed by atoms with Gasteiger partial charge in [-0.2, -0.15) is 0 Å². The van der Waals surface area contributed by atoms with E-state index in [-0.39, 0.29) is 17.6 Å². The number of likely N-dealkylation sites (tertiary alicyclic amines) is 1. The van der Waals surface area contributed by atoms with Crippen LogP contribution in [0.3, 0.4) is 0 Å². The fraction of sp³-hybridized carbons (Fsp3) is 0.556. The van der Waals surface area contributed by atoms with Crippen LogP contribution in [0.25, 0.3) is 0 Å². The van der Waals surface area contributed by atoms with E-state index < -0.39 is 0 Å². The molecule has 1 aliphatic carbocycles. The molecular weight excluding hydrogens is 294 g/mol. The Kier molecular flexibility index (Phi) is 2.84. The molecule has 122 valence electrons. The van der Waals surface area contributed by atoms with Crippen LogP contribution in [0, 0.1) is 0 Å². The summed E-state index contributed by atoms with van der Waals surface area (Å²) in [5, 5.41) is 0. The van der Waals surface area contributed by atoms with E-state index in [1.807, 2.05) is 0 Å². The Morgan fingerprint density at radius 2 is 2.09 bits per heavy atom.